The molecule has 2 unspecified atom stereocenters. The Morgan fingerprint density at radius 1 is 0.279 bits per heavy atom. The zero-order valence-corrected chi connectivity index (χ0v) is 67.5. The van der Waals surface area contributed by atoms with Gasteiger partial charge in [-0.2, -0.15) is 0 Å². The first-order valence-electron chi connectivity index (χ1n) is 41.1. The minimum atomic E-state index is -4.99. The van der Waals surface area contributed by atoms with Gasteiger partial charge in [-0.25, -0.2) is 9.13 Å². The van der Waals surface area contributed by atoms with Crippen molar-refractivity contribution in [3.63, 3.8) is 0 Å². The smallest absolute Gasteiger partial charge is 0.462 e. The van der Waals surface area contributed by atoms with Crippen molar-refractivity contribution >= 4 is 39.5 Å². The summed E-state index contributed by atoms with van der Waals surface area (Å²) in [6.07, 6.45) is 83.4. The van der Waals surface area contributed by atoms with E-state index in [9.17, 15) is 43.2 Å². The first kappa shape index (κ1) is 99.7. The van der Waals surface area contributed by atoms with Crippen LogP contribution in [-0.2, 0) is 65.4 Å². The van der Waals surface area contributed by atoms with Gasteiger partial charge in [0.1, 0.15) is 19.3 Å². The van der Waals surface area contributed by atoms with Crippen molar-refractivity contribution in [1.82, 2.24) is 0 Å². The van der Waals surface area contributed by atoms with Crippen LogP contribution in [0.25, 0.3) is 0 Å². The summed E-state index contributed by atoms with van der Waals surface area (Å²) in [4.78, 5) is 73.1. The molecule has 0 saturated heterocycles. The molecule has 0 spiro atoms. The van der Waals surface area contributed by atoms with Gasteiger partial charge in [-0.1, -0.05) is 278 Å². The van der Waals surface area contributed by atoms with Crippen LogP contribution in [0.2, 0.25) is 0 Å². The van der Waals surface area contributed by atoms with E-state index < -0.39 is 97.5 Å². The third kappa shape index (κ3) is 75.9. The summed E-state index contributed by atoms with van der Waals surface area (Å²) in [5.74, 6) is -2.22. The van der Waals surface area contributed by atoms with E-state index >= 15 is 0 Å². The molecule has 0 aliphatic rings. The van der Waals surface area contributed by atoms with Crippen LogP contribution in [-0.4, -0.2) is 96.7 Å². The number of hydrogen-bond acceptors (Lipinski definition) is 15. The van der Waals surface area contributed by atoms with Gasteiger partial charge in [0.25, 0.3) is 0 Å². The van der Waals surface area contributed by atoms with Crippen molar-refractivity contribution in [2.75, 3.05) is 39.6 Å². The third-order valence-corrected chi connectivity index (χ3v) is 19.1. The standard InChI is InChI=1S/C85H148O17P2/c1-5-9-13-17-21-25-29-33-37-38-39-40-44-48-52-56-60-64-68-72-85(90)102-81(76-96-83(88)70-66-62-58-54-50-46-42-35-31-27-23-19-15-11-7-3)78-100-104(93,94)98-74-79(86)73-97-103(91,92)99-77-80(101-84(89)71-67-63-59-55-51-47-43-36-32-28-24-20-16-12-8-4)75-95-82(87)69-65-61-57-53-49-45-41-34-30-26-22-18-14-10-6-2/h9,13,21,24-28,30-31,33,36-37,39-40,43,48,52,79-81,86H,5-8,10-12,14-20,22-23,29,32,34-35,38,41-42,44-47,49-51,53-78H2,1-4H3,(H,91,92)(H,93,94)/b13-9-,25-21-,28-24-,30-26-,31-27-,37-33-,40-39-,43-36-,52-48-/t79-,80+,81+/m0/s1. The van der Waals surface area contributed by atoms with Crippen molar-refractivity contribution < 1.29 is 80.2 Å². The number of ether oxygens (including phenoxy) is 4. The Bertz CT molecular complexity index is 2390. The molecular weight excluding hydrogens is 1350 g/mol. The van der Waals surface area contributed by atoms with Crippen molar-refractivity contribution in [2.24, 2.45) is 0 Å². The molecule has 0 aliphatic carbocycles. The van der Waals surface area contributed by atoms with Crippen molar-refractivity contribution in [3.05, 3.63) is 109 Å². The van der Waals surface area contributed by atoms with Gasteiger partial charge in [0.15, 0.2) is 12.2 Å². The fourth-order valence-corrected chi connectivity index (χ4v) is 12.5. The Kier molecular flexibility index (Phi) is 73.7. The Hall–Kier alpha value is -4.28. The number of allylic oxidation sites excluding steroid dienone is 18. The number of aliphatic hydroxyl groups excluding tert-OH is 1. The topological polar surface area (TPSA) is 237 Å². The minimum absolute atomic E-state index is 0.0541. The SMILES string of the molecule is CC/C=C\C/C=C\C/C=C\C/C=C\C/C=C\CCCCCC(=O)O[C@H](COC(=O)CCCCCCCCC/C=C\CCCCCC)COP(=O)(O)OC[C@@H](O)COP(=O)(O)OC[C@@H](COC(=O)CCCCCCCCC/C=C\CCCCCC)OC(=O)CCCCCCC/C=C\C/C=C\CCCCC. The Morgan fingerprint density at radius 3 is 0.808 bits per heavy atom. The Morgan fingerprint density at radius 2 is 0.500 bits per heavy atom. The molecule has 5 atom stereocenters. The predicted octanol–water partition coefficient (Wildman–Crippen LogP) is 24.1. The van der Waals surface area contributed by atoms with Crippen LogP contribution in [0.4, 0.5) is 0 Å². The molecule has 0 heterocycles. The second kappa shape index (κ2) is 76.9. The quantitative estimate of drug-likeness (QED) is 0.0169. The van der Waals surface area contributed by atoms with Gasteiger partial charge in [0.05, 0.1) is 26.4 Å². The van der Waals surface area contributed by atoms with E-state index in [1.165, 1.54) is 96.3 Å². The number of phosphoric acid groups is 2. The number of rotatable bonds is 77. The maximum Gasteiger partial charge on any atom is 0.472 e. The molecule has 0 amide bonds. The highest BCUT2D eigenvalue weighted by Gasteiger charge is 2.30. The van der Waals surface area contributed by atoms with Crippen LogP contribution in [0.5, 0.6) is 0 Å². The molecule has 17 nitrogen and oxygen atoms in total. The lowest BCUT2D eigenvalue weighted by Gasteiger charge is -2.21. The highest BCUT2D eigenvalue weighted by Crippen LogP contribution is 2.45. The number of carbonyl (C=O) groups is 4. The first-order chi connectivity index (χ1) is 50.7. The van der Waals surface area contributed by atoms with E-state index in [-0.39, 0.29) is 25.7 Å². The summed E-state index contributed by atoms with van der Waals surface area (Å²) in [6.45, 7) is 4.69. The van der Waals surface area contributed by atoms with Crippen molar-refractivity contribution in [3.8, 4) is 0 Å². The largest absolute Gasteiger partial charge is 0.472 e. The normalized spacial score (nSPS) is 14.4. The summed E-state index contributed by atoms with van der Waals surface area (Å²) in [5.41, 5.74) is 0. The van der Waals surface area contributed by atoms with Crippen LogP contribution in [0.3, 0.4) is 0 Å². The van der Waals surface area contributed by atoms with Crippen LogP contribution < -0.4 is 0 Å². The monoisotopic (exact) mass is 1500 g/mol. The van der Waals surface area contributed by atoms with Gasteiger partial charge in [-0.15, -0.1) is 0 Å². The van der Waals surface area contributed by atoms with Crippen LogP contribution >= 0.6 is 15.6 Å². The van der Waals surface area contributed by atoms with E-state index in [4.69, 9.17) is 37.0 Å². The number of aliphatic hydroxyl groups is 1. The molecule has 0 rings (SSSR count). The maximum absolute atomic E-state index is 13.1. The lowest BCUT2D eigenvalue weighted by Crippen LogP contribution is -2.30. The zero-order valence-electron chi connectivity index (χ0n) is 65.7. The van der Waals surface area contributed by atoms with Gasteiger partial charge in [-0.3, -0.25) is 37.3 Å². The van der Waals surface area contributed by atoms with Crippen LogP contribution in [0.1, 0.15) is 349 Å². The summed E-state index contributed by atoms with van der Waals surface area (Å²) >= 11 is 0. The Balaban J connectivity index is 5.41. The zero-order chi connectivity index (χ0) is 76.0. The van der Waals surface area contributed by atoms with Gasteiger partial charge in [0, 0.05) is 25.7 Å². The first-order valence-corrected chi connectivity index (χ1v) is 44.1. The number of esters is 4. The number of phosphoric ester groups is 2. The van der Waals surface area contributed by atoms with E-state index in [0.29, 0.717) is 25.7 Å². The molecule has 0 aromatic rings. The van der Waals surface area contributed by atoms with E-state index in [0.717, 1.165) is 173 Å². The highest BCUT2D eigenvalue weighted by molar-refractivity contribution is 7.47. The van der Waals surface area contributed by atoms with Crippen LogP contribution in [0.15, 0.2) is 109 Å². The molecule has 104 heavy (non-hydrogen) atoms. The fourth-order valence-electron chi connectivity index (χ4n) is 10.9. The second-order valence-electron chi connectivity index (χ2n) is 27.3. The number of unbranched alkanes of at least 4 members (excludes halogenated alkanes) is 33. The number of carbonyl (C=O) groups excluding carboxylic acids is 4. The molecule has 0 aliphatic heterocycles. The Labute approximate surface area is 632 Å². The fraction of sp³-hybridized carbons (Fsp3) is 0.741. The average Bonchev–Trinajstić information content (AvgIpc) is 0.943. The maximum atomic E-state index is 13.1. The predicted molar refractivity (Wildman–Crippen MR) is 427 cm³/mol. The van der Waals surface area contributed by atoms with E-state index in [2.05, 4.69) is 137 Å². The lowest BCUT2D eigenvalue weighted by molar-refractivity contribution is -0.161. The van der Waals surface area contributed by atoms with Crippen LogP contribution in [0, 0.1) is 0 Å². The van der Waals surface area contributed by atoms with Gasteiger partial charge < -0.3 is 33.8 Å². The molecule has 19 heteroatoms. The molecule has 3 N–H and O–H groups in total. The summed E-state index contributed by atoms with van der Waals surface area (Å²) in [5, 5.41) is 10.7. The minimum Gasteiger partial charge on any atom is -0.462 e. The molecule has 0 saturated carbocycles. The van der Waals surface area contributed by atoms with Gasteiger partial charge in [0.2, 0.25) is 0 Å². The molecule has 0 aromatic heterocycles. The van der Waals surface area contributed by atoms with Gasteiger partial charge in [-0.05, 0) is 154 Å². The van der Waals surface area contributed by atoms with Crippen molar-refractivity contribution in [1.29, 1.82) is 0 Å². The molecule has 0 bridgehead atoms. The molecule has 600 valence electrons. The molecule has 0 fully saturated rings. The summed E-state index contributed by atoms with van der Waals surface area (Å²) in [6, 6.07) is 0. The number of hydrogen-bond donors (Lipinski definition) is 3. The molecule has 0 radical (unpaired) electrons. The van der Waals surface area contributed by atoms with E-state index in [1.807, 2.05) is 0 Å². The second-order valence-corrected chi connectivity index (χ2v) is 30.2. The molecular formula is C85H148O17P2. The molecule has 0 aromatic carbocycles. The average molecular weight is 1500 g/mol. The summed E-state index contributed by atoms with van der Waals surface area (Å²) in [7, 11) is -9.97. The lowest BCUT2D eigenvalue weighted by atomic mass is 10.1. The van der Waals surface area contributed by atoms with E-state index in [1.54, 1.807) is 0 Å². The van der Waals surface area contributed by atoms with Gasteiger partial charge >= 0.3 is 39.5 Å². The third-order valence-electron chi connectivity index (χ3n) is 17.2. The summed E-state index contributed by atoms with van der Waals surface area (Å²) < 4.78 is 68.7. The highest BCUT2D eigenvalue weighted by atomic mass is 31.2. The van der Waals surface area contributed by atoms with Crippen molar-refractivity contribution in [2.45, 2.75) is 367 Å².